The lowest BCUT2D eigenvalue weighted by Crippen LogP contribution is -2.24. The van der Waals surface area contributed by atoms with Crippen molar-refractivity contribution in [1.82, 2.24) is 5.32 Å². The van der Waals surface area contributed by atoms with Gasteiger partial charge in [0.25, 0.3) is 0 Å². The summed E-state index contributed by atoms with van der Waals surface area (Å²) < 4.78 is 5.93. The Morgan fingerprint density at radius 3 is 2.94 bits per heavy atom. The molecule has 17 heavy (non-hydrogen) atoms. The molecule has 0 spiro atoms. The van der Waals surface area contributed by atoms with Gasteiger partial charge in [0.2, 0.25) is 0 Å². The zero-order valence-corrected chi connectivity index (χ0v) is 10.7. The first-order valence-electron chi connectivity index (χ1n) is 6.81. The minimum atomic E-state index is 0.418. The largest absolute Gasteiger partial charge is 0.491 e. The number of rotatable bonds is 4. The first-order valence-corrected chi connectivity index (χ1v) is 6.81. The fourth-order valence-corrected chi connectivity index (χ4v) is 2.55. The van der Waals surface area contributed by atoms with Gasteiger partial charge in [0, 0.05) is 11.6 Å². The highest BCUT2D eigenvalue weighted by Gasteiger charge is 2.32. The highest BCUT2D eigenvalue weighted by Crippen LogP contribution is 2.40. The summed E-state index contributed by atoms with van der Waals surface area (Å²) in [5, 5.41) is 3.67. The maximum absolute atomic E-state index is 5.93. The predicted octanol–water partition coefficient (Wildman–Crippen LogP) is 3.39. The Hall–Kier alpha value is -1.02. The highest BCUT2D eigenvalue weighted by molar-refractivity contribution is 5.47. The average Bonchev–Trinajstić information content (AvgIpc) is 3.08. The Bertz CT molecular complexity index is 411. The molecule has 2 nitrogen and oxygen atoms in total. The average molecular weight is 231 g/mol. The van der Waals surface area contributed by atoms with Crippen LogP contribution in [0.25, 0.3) is 0 Å². The van der Waals surface area contributed by atoms with E-state index in [1.165, 1.54) is 30.4 Å². The van der Waals surface area contributed by atoms with Crippen molar-refractivity contribution in [2.24, 2.45) is 0 Å². The summed E-state index contributed by atoms with van der Waals surface area (Å²) in [6.07, 6.45) is 3.83. The van der Waals surface area contributed by atoms with Crippen LogP contribution in [0.1, 0.15) is 56.2 Å². The Labute approximate surface area is 103 Å². The molecule has 2 unspecified atom stereocenters. The second-order valence-electron chi connectivity index (χ2n) is 5.38. The molecule has 0 radical (unpaired) electrons. The van der Waals surface area contributed by atoms with Crippen LogP contribution >= 0.6 is 0 Å². The van der Waals surface area contributed by atoms with E-state index in [4.69, 9.17) is 4.74 Å². The highest BCUT2D eigenvalue weighted by atomic mass is 16.5. The molecule has 1 aliphatic heterocycles. The van der Waals surface area contributed by atoms with Crippen LogP contribution < -0.4 is 10.1 Å². The van der Waals surface area contributed by atoms with E-state index in [-0.39, 0.29) is 0 Å². The van der Waals surface area contributed by atoms with E-state index in [1.807, 2.05) is 0 Å². The van der Waals surface area contributed by atoms with Crippen molar-refractivity contribution in [2.75, 3.05) is 6.61 Å². The van der Waals surface area contributed by atoms with Gasteiger partial charge in [0.05, 0.1) is 6.04 Å². The quantitative estimate of drug-likeness (QED) is 0.857. The van der Waals surface area contributed by atoms with Gasteiger partial charge in [0.1, 0.15) is 12.4 Å². The van der Waals surface area contributed by atoms with Crippen molar-refractivity contribution >= 4 is 0 Å². The van der Waals surface area contributed by atoms with Gasteiger partial charge >= 0.3 is 0 Å². The van der Waals surface area contributed by atoms with Crippen molar-refractivity contribution in [2.45, 2.75) is 51.1 Å². The van der Waals surface area contributed by atoms with E-state index in [2.05, 4.69) is 37.4 Å². The standard InChI is InChI=1S/C15H21NO/c1-3-10(2)12-5-4-6-13-14(9-17-15(12)13)16-11-7-8-11/h4-6,10-11,14,16H,3,7-9H2,1-2H3. The van der Waals surface area contributed by atoms with Gasteiger partial charge in [-0.15, -0.1) is 0 Å². The molecule has 1 saturated carbocycles. The zero-order valence-electron chi connectivity index (χ0n) is 10.7. The second kappa shape index (κ2) is 4.34. The van der Waals surface area contributed by atoms with Crippen LogP contribution in [0.2, 0.25) is 0 Å². The van der Waals surface area contributed by atoms with E-state index in [0.717, 1.165) is 18.4 Å². The maximum Gasteiger partial charge on any atom is 0.127 e. The predicted molar refractivity (Wildman–Crippen MR) is 69.5 cm³/mol. The third-order valence-corrected chi connectivity index (χ3v) is 4.00. The van der Waals surface area contributed by atoms with Gasteiger partial charge in [-0.05, 0) is 30.7 Å². The van der Waals surface area contributed by atoms with Crippen LogP contribution in [-0.2, 0) is 0 Å². The Balaban J connectivity index is 1.88. The normalized spacial score (nSPS) is 24.2. The van der Waals surface area contributed by atoms with E-state index in [0.29, 0.717) is 12.0 Å². The van der Waals surface area contributed by atoms with Gasteiger partial charge < -0.3 is 10.1 Å². The molecule has 92 valence electrons. The molecule has 1 aliphatic carbocycles. The fourth-order valence-electron chi connectivity index (χ4n) is 2.55. The summed E-state index contributed by atoms with van der Waals surface area (Å²) in [5.41, 5.74) is 2.75. The monoisotopic (exact) mass is 231 g/mol. The Morgan fingerprint density at radius 1 is 1.41 bits per heavy atom. The van der Waals surface area contributed by atoms with Crippen molar-refractivity contribution in [1.29, 1.82) is 0 Å². The zero-order chi connectivity index (χ0) is 11.8. The lowest BCUT2D eigenvalue weighted by Gasteiger charge is -2.14. The lowest BCUT2D eigenvalue weighted by molar-refractivity contribution is 0.307. The number of para-hydroxylation sites is 1. The lowest BCUT2D eigenvalue weighted by atomic mass is 9.94. The number of fused-ring (bicyclic) bond motifs is 1. The second-order valence-corrected chi connectivity index (χ2v) is 5.38. The van der Waals surface area contributed by atoms with Crippen LogP contribution in [-0.4, -0.2) is 12.6 Å². The molecule has 2 heteroatoms. The summed E-state index contributed by atoms with van der Waals surface area (Å²) >= 11 is 0. The number of hydrogen-bond acceptors (Lipinski definition) is 2. The van der Waals surface area contributed by atoms with Gasteiger partial charge in [-0.1, -0.05) is 32.0 Å². The van der Waals surface area contributed by atoms with Crippen LogP contribution in [0.4, 0.5) is 0 Å². The molecule has 0 amide bonds. The van der Waals surface area contributed by atoms with E-state index < -0.39 is 0 Å². The summed E-state index contributed by atoms with van der Waals surface area (Å²) in [4.78, 5) is 0. The summed E-state index contributed by atoms with van der Waals surface area (Å²) in [6, 6.07) is 7.76. The molecule has 0 saturated heterocycles. The molecule has 1 N–H and O–H groups in total. The Kier molecular flexibility index (Phi) is 2.83. The number of benzene rings is 1. The molecule has 2 atom stereocenters. The first kappa shape index (κ1) is 11.1. The molecular weight excluding hydrogens is 210 g/mol. The van der Waals surface area contributed by atoms with E-state index >= 15 is 0 Å². The van der Waals surface area contributed by atoms with E-state index in [9.17, 15) is 0 Å². The van der Waals surface area contributed by atoms with Crippen LogP contribution in [0.3, 0.4) is 0 Å². The summed E-state index contributed by atoms with van der Waals surface area (Å²) in [5.74, 6) is 1.74. The molecule has 2 aliphatic rings. The van der Waals surface area contributed by atoms with Crippen molar-refractivity contribution < 1.29 is 4.74 Å². The number of nitrogens with one attached hydrogen (secondary N) is 1. The first-order chi connectivity index (χ1) is 8.29. The van der Waals surface area contributed by atoms with Gasteiger partial charge in [-0.2, -0.15) is 0 Å². The molecule has 1 aromatic rings. The summed E-state index contributed by atoms with van der Waals surface area (Å²) in [7, 11) is 0. The van der Waals surface area contributed by atoms with Gasteiger partial charge in [-0.25, -0.2) is 0 Å². The van der Waals surface area contributed by atoms with Gasteiger partial charge in [-0.3, -0.25) is 0 Å². The maximum atomic E-state index is 5.93. The number of ether oxygens (including phenoxy) is 1. The van der Waals surface area contributed by atoms with Gasteiger partial charge in [0.15, 0.2) is 0 Å². The summed E-state index contributed by atoms with van der Waals surface area (Å²) in [6.45, 7) is 5.32. The molecule has 1 heterocycles. The minimum absolute atomic E-state index is 0.418. The molecule has 1 aromatic carbocycles. The number of hydrogen-bond donors (Lipinski definition) is 1. The smallest absolute Gasteiger partial charge is 0.127 e. The van der Waals surface area contributed by atoms with E-state index in [1.54, 1.807) is 0 Å². The molecule has 1 fully saturated rings. The van der Waals surface area contributed by atoms with Crippen molar-refractivity contribution in [3.63, 3.8) is 0 Å². The molecular formula is C15H21NO. The van der Waals surface area contributed by atoms with Crippen LogP contribution in [0.5, 0.6) is 5.75 Å². The van der Waals surface area contributed by atoms with Crippen LogP contribution in [0.15, 0.2) is 18.2 Å². The fraction of sp³-hybridized carbons (Fsp3) is 0.600. The van der Waals surface area contributed by atoms with Crippen LogP contribution in [0, 0.1) is 0 Å². The third-order valence-electron chi connectivity index (χ3n) is 4.00. The molecule has 0 bridgehead atoms. The van der Waals surface area contributed by atoms with Crippen molar-refractivity contribution in [3.8, 4) is 5.75 Å². The Morgan fingerprint density at radius 2 is 2.24 bits per heavy atom. The molecule has 3 rings (SSSR count). The third kappa shape index (κ3) is 2.06. The topological polar surface area (TPSA) is 21.3 Å². The minimum Gasteiger partial charge on any atom is -0.491 e. The van der Waals surface area contributed by atoms with Crippen molar-refractivity contribution in [3.05, 3.63) is 29.3 Å². The SMILES string of the molecule is CCC(C)c1cccc2c1OCC2NC1CC1. The molecule has 0 aromatic heterocycles.